The molecule has 0 bridgehead atoms. The van der Waals surface area contributed by atoms with E-state index >= 15 is 0 Å². The number of hydrogen-bond acceptors (Lipinski definition) is 2. The van der Waals surface area contributed by atoms with Crippen LogP contribution in [0.5, 0.6) is 5.75 Å². The number of aromatic amines is 1. The number of rotatable bonds is 3. The fourth-order valence-corrected chi connectivity index (χ4v) is 2.51. The van der Waals surface area contributed by atoms with Crippen LogP contribution in [0.3, 0.4) is 0 Å². The molecule has 4 heteroatoms. The quantitative estimate of drug-likeness (QED) is 0.623. The van der Waals surface area contributed by atoms with Gasteiger partial charge in [0.25, 0.3) is 0 Å². The van der Waals surface area contributed by atoms with Crippen LogP contribution in [0.25, 0.3) is 10.9 Å². The first-order chi connectivity index (χ1) is 9.63. The lowest BCUT2D eigenvalue weighted by Gasteiger charge is -2.09. The van der Waals surface area contributed by atoms with Crippen LogP contribution in [0.15, 0.2) is 42.6 Å². The van der Waals surface area contributed by atoms with Gasteiger partial charge in [0.2, 0.25) is 0 Å². The molecule has 3 N–H and O–H groups in total. The Morgan fingerprint density at radius 1 is 1.20 bits per heavy atom. The van der Waals surface area contributed by atoms with Crippen LogP contribution in [0.1, 0.15) is 11.1 Å². The molecule has 2 aromatic carbocycles. The molecule has 3 aromatic rings. The lowest BCUT2D eigenvalue weighted by atomic mass is 10.1. The first-order valence-corrected chi connectivity index (χ1v) is 6.80. The molecule has 0 radical (unpaired) electrons. The summed E-state index contributed by atoms with van der Waals surface area (Å²) in [7, 11) is 0. The molecular formula is C16H15ClN2O. The number of aromatic nitrogens is 1. The van der Waals surface area contributed by atoms with Crippen molar-refractivity contribution < 1.29 is 5.11 Å². The Morgan fingerprint density at radius 3 is 2.85 bits per heavy atom. The Morgan fingerprint density at radius 2 is 2.05 bits per heavy atom. The maximum absolute atomic E-state index is 9.41. The van der Waals surface area contributed by atoms with Crippen molar-refractivity contribution in [3.05, 3.63) is 58.7 Å². The van der Waals surface area contributed by atoms with Gasteiger partial charge in [0.15, 0.2) is 0 Å². The lowest BCUT2D eigenvalue weighted by molar-refractivity contribution is 0.475. The number of nitrogens with one attached hydrogen (secondary N) is 2. The van der Waals surface area contributed by atoms with E-state index in [-0.39, 0.29) is 5.75 Å². The van der Waals surface area contributed by atoms with Gasteiger partial charge in [0.1, 0.15) is 5.75 Å². The summed E-state index contributed by atoms with van der Waals surface area (Å²) >= 11 is 5.98. The van der Waals surface area contributed by atoms with Gasteiger partial charge in [-0.3, -0.25) is 0 Å². The summed E-state index contributed by atoms with van der Waals surface area (Å²) in [5.74, 6) is 0.287. The molecule has 1 aromatic heterocycles. The second-order valence-electron chi connectivity index (χ2n) is 4.86. The highest BCUT2D eigenvalue weighted by molar-refractivity contribution is 6.31. The number of fused-ring (bicyclic) bond motifs is 1. The Kier molecular flexibility index (Phi) is 3.28. The number of aryl methyl sites for hydroxylation is 1. The summed E-state index contributed by atoms with van der Waals surface area (Å²) in [6, 6.07) is 11.2. The van der Waals surface area contributed by atoms with Gasteiger partial charge in [-0.05, 0) is 48.4 Å². The van der Waals surface area contributed by atoms with E-state index in [1.54, 1.807) is 12.1 Å². The summed E-state index contributed by atoms with van der Waals surface area (Å²) in [5.41, 5.74) is 4.26. The standard InChI is InChI=1S/C16H15ClN2O/c1-10-6-13(20)3-5-15(10)18-8-11-9-19-16-7-12(17)2-4-14(11)16/h2-7,9,18-20H,8H2,1H3. The van der Waals surface area contributed by atoms with E-state index in [0.717, 1.165) is 21.8 Å². The van der Waals surface area contributed by atoms with Crippen molar-refractivity contribution in [1.82, 2.24) is 4.98 Å². The normalized spacial score (nSPS) is 10.9. The minimum atomic E-state index is 0.287. The number of anilines is 1. The summed E-state index contributed by atoms with van der Waals surface area (Å²) < 4.78 is 0. The van der Waals surface area contributed by atoms with Crippen LogP contribution in [0.4, 0.5) is 5.69 Å². The van der Waals surface area contributed by atoms with Crippen molar-refractivity contribution in [2.45, 2.75) is 13.5 Å². The average molecular weight is 287 g/mol. The molecule has 0 saturated carbocycles. The smallest absolute Gasteiger partial charge is 0.115 e. The summed E-state index contributed by atoms with van der Waals surface area (Å²) in [5, 5.41) is 14.7. The molecule has 1 heterocycles. The largest absolute Gasteiger partial charge is 0.508 e. The molecule has 0 aliphatic carbocycles. The molecule has 0 aliphatic rings. The summed E-state index contributed by atoms with van der Waals surface area (Å²) in [6.45, 7) is 2.68. The number of phenols is 1. The minimum Gasteiger partial charge on any atom is -0.508 e. The molecule has 0 unspecified atom stereocenters. The van der Waals surface area contributed by atoms with Gasteiger partial charge in [-0.15, -0.1) is 0 Å². The fraction of sp³-hybridized carbons (Fsp3) is 0.125. The Balaban J connectivity index is 1.83. The van der Waals surface area contributed by atoms with Crippen molar-refractivity contribution in [3.63, 3.8) is 0 Å². The molecule has 0 amide bonds. The van der Waals surface area contributed by atoms with Gasteiger partial charge in [-0.25, -0.2) is 0 Å². The monoisotopic (exact) mass is 286 g/mol. The Labute approximate surface area is 122 Å². The van der Waals surface area contributed by atoms with Crippen molar-refractivity contribution >= 4 is 28.2 Å². The third kappa shape index (κ3) is 2.45. The molecular weight excluding hydrogens is 272 g/mol. The number of aromatic hydroxyl groups is 1. The third-order valence-electron chi connectivity index (χ3n) is 3.41. The van der Waals surface area contributed by atoms with Gasteiger partial charge in [-0.2, -0.15) is 0 Å². The van der Waals surface area contributed by atoms with Gasteiger partial charge in [0.05, 0.1) is 0 Å². The van der Waals surface area contributed by atoms with Crippen molar-refractivity contribution in [2.24, 2.45) is 0 Å². The van der Waals surface area contributed by atoms with Crippen LogP contribution in [-0.2, 0) is 6.54 Å². The van der Waals surface area contributed by atoms with Crippen LogP contribution in [0, 0.1) is 6.92 Å². The summed E-state index contributed by atoms with van der Waals surface area (Å²) in [4.78, 5) is 3.22. The van der Waals surface area contributed by atoms with E-state index in [1.165, 1.54) is 10.9 Å². The summed E-state index contributed by atoms with van der Waals surface area (Å²) in [6.07, 6.45) is 1.99. The third-order valence-corrected chi connectivity index (χ3v) is 3.64. The average Bonchev–Trinajstić information content (AvgIpc) is 2.80. The molecule has 0 saturated heterocycles. The van der Waals surface area contributed by atoms with Crippen molar-refractivity contribution in [2.75, 3.05) is 5.32 Å². The highest BCUT2D eigenvalue weighted by Gasteiger charge is 2.05. The number of halogens is 1. The number of hydrogen-bond donors (Lipinski definition) is 3. The number of H-pyrrole nitrogens is 1. The molecule has 3 rings (SSSR count). The molecule has 20 heavy (non-hydrogen) atoms. The van der Waals surface area contributed by atoms with Gasteiger partial charge < -0.3 is 15.4 Å². The molecule has 0 spiro atoms. The zero-order valence-corrected chi connectivity index (χ0v) is 11.8. The maximum Gasteiger partial charge on any atom is 0.115 e. The zero-order valence-electron chi connectivity index (χ0n) is 11.1. The molecule has 0 atom stereocenters. The van der Waals surface area contributed by atoms with E-state index in [0.29, 0.717) is 6.54 Å². The predicted molar refractivity (Wildman–Crippen MR) is 83.5 cm³/mol. The van der Waals surface area contributed by atoms with Crippen molar-refractivity contribution in [1.29, 1.82) is 0 Å². The first kappa shape index (κ1) is 12.9. The SMILES string of the molecule is Cc1cc(O)ccc1NCc1c[nH]c2cc(Cl)ccc12. The molecule has 3 nitrogen and oxygen atoms in total. The first-order valence-electron chi connectivity index (χ1n) is 6.42. The van der Waals surface area contributed by atoms with E-state index < -0.39 is 0 Å². The fourth-order valence-electron chi connectivity index (χ4n) is 2.34. The van der Waals surface area contributed by atoms with Crippen LogP contribution >= 0.6 is 11.6 Å². The van der Waals surface area contributed by atoms with Gasteiger partial charge in [-0.1, -0.05) is 17.7 Å². The highest BCUT2D eigenvalue weighted by atomic mass is 35.5. The minimum absolute atomic E-state index is 0.287. The van der Waals surface area contributed by atoms with Gasteiger partial charge >= 0.3 is 0 Å². The van der Waals surface area contributed by atoms with Gasteiger partial charge in [0, 0.05) is 34.4 Å². The van der Waals surface area contributed by atoms with Crippen LogP contribution in [-0.4, -0.2) is 10.1 Å². The lowest BCUT2D eigenvalue weighted by Crippen LogP contribution is -2.00. The molecule has 0 aliphatic heterocycles. The van der Waals surface area contributed by atoms with E-state index in [1.807, 2.05) is 37.4 Å². The maximum atomic E-state index is 9.41. The van der Waals surface area contributed by atoms with E-state index in [2.05, 4.69) is 10.3 Å². The van der Waals surface area contributed by atoms with Crippen LogP contribution in [0.2, 0.25) is 5.02 Å². The Bertz CT molecular complexity index is 764. The van der Waals surface area contributed by atoms with E-state index in [4.69, 9.17) is 11.6 Å². The Hall–Kier alpha value is -2.13. The van der Waals surface area contributed by atoms with Crippen LogP contribution < -0.4 is 5.32 Å². The predicted octanol–water partition coefficient (Wildman–Crippen LogP) is 4.45. The number of phenolic OH excluding ortho intramolecular Hbond substituents is 1. The van der Waals surface area contributed by atoms with E-state index in [9.17, 15) is 5.11 Å². The number of benzene rings is 2. The second kappa shape index (κ2) is 5.10. The second-order valence-corrected chi connectivity index (χ2v) is 5.29. The topological polar surface area (TPSA) is 48.0 Å². The highest BCUT2D eigenvalue weighted by Crippen LogP contribution is 2.24. The van der Waals surface area contributed by atoms with Crippen molar-refractivity contribution in [3.8, 4) is 5.75 Å². The zero-order chi connectivity index (χ0) is 14.1. The molecule has 102 valence electrons. The molecule has 0 fully saturated rings.